The summed E-state index contributed by atoms with van der Waals surface area (Å²) in [4.78, 5) is 0. The Bertz CT molecular complexity index is 356. The van der Waals surface area contributed by atoms with Gasteiger partial charge in [-0.15, -0.1) is 0 Å². The van der Waals surface area contributed by atoms with Crippen LogP contribution in [0.2, 0.25) is 0 Å². The summed E-state index contributed by atoms with van der Waals surface area (Å²) in [5.41, 5.74) is 2.70. The van der Waals surface area contributed by atoms with Gasteiger partial charge in [0.05, 0.1) is 6.20 Å². The number of ether oxygens (including phenoxy) is 1. The number of aromatic nitrogens is 2. The molecule has 1 saturated heterocycles. The molecule has 2 rings (SSSR count). The summed E-state index contributed by atoms with van der Waals surface area (Å²) < 4.78 is 7.91. The highest BCUT2D eigenvalue weighted by molar-refractivity contribution is 5.23. The lowest BCUT2D eigenvalue weighted by Gasteiger charge is -2.29. The largest absolute Gasteiger partial charge is 0.357 e. The van der Waals surface area contributed by atoms with Gasteiger partial charge in [0.15, 0.2) is 0 Å². The van der Waals surface area contributed by atoms with Gasteiger partial charge >= 0.3 is 0 Å². The van der Waals surface area contributed by atoms with E-state index in [0.29, 0.717) is 0 Å². The fourth-order valence-electron chi connectivity index (χ4n) is 2.52. The summed E-state index contributed by atoms with van der Waals surface area (Å²) >= 11 is 0. The van der Waals surface area contributed by atoms with Crippen LogP contribution in [0.4, 0.5) is 0 Å². The van der Waals surface area contributed by atoms with Crippen molar-refractivity contribution in [3.63, 3.8) is 0 Å². The zero-order valence-electron chi connectivity index (χ0n) is 10.8. The fourth-order valence-corrected chi connectivity index (χ4v) is 2.52. The van der Waals surface area contributed by atoms with Crippen LogP contribution in [-0.4, -0.2) is 16.4 Å². The lowest BCUT2D eigenvalue weighted by atomic mass is 9.89. The van der Waals surface area contributed by atoms with Crippen LogP contribution in [0.15, 0.2) is 6.20 Å². The molecule has 1 fully saturated rings. The molecule has 0 bridgehead atoms. The number of nitrogens with zero attached hydrogens (tertiary/aromatic N) is 2. The summed E-state index contributed by atoms with van der Waals surface area (Å²) in [6.45, 7) is 9.70. The van der Waals surface area contributed by atoms with E-state index in [-0.39, 0.29) is 11.6 Å². The second-order valence-corrected chi connectivity index (χ2v) is 5.69. The van der Waals surface area contributed by atoms with Crippen LogP contribution < -0.4 is 0 Å². The van der Waals surface area contributed by atoms with E-state index in [1.54, 1.807) is 0 Å². The molecule has 3 nitrogen and oxygen atoms in total. The third kappa shape index (κ3) is 2.14. The fraction of sp³-hybridized carbons (Fsp3) is 0.769. The van der Waals surface area contributed by atoms with Gasteiger partial charge in [-0.2, -0.15) is 5.10 Å². The van der Waals surface area contributed by atoms with E-state index in [2.05, 4.69) is 37.5 Å². The molecule has 1 aromatic heterocycles. The van der Waals surface area contributed by atoms with Gasteiger partial charge in [-0.1, -0.05) is 20.8 Å². The highest BCUT2D eigenvalue weighted by Gasteiger charge is 2.27. The van der Waals surface area contributed by atoms with Gasteiger partial charge in [-0.3, -0.25) is 0 Å². The Kier molecular flexibility index (Phi) is 3.06. The molecule has 0 aliphatic carbocycles. The molecule has 2 heterocycles. The number of aryl methyl sites for hydroxylation is 1. The van der Waals surface area contributed by atoms with E-state index < -0.39 is 0 Å². The first kappa shape index (κ1) is 11.6. The van der Waals surface area contributed by atoms with E-state index in [0.717, 1.165) is 13.0 Å². The number of rotatable bonds is 1. The Balaban J connectivity index is 2.33. The molecule has 0 radical (unpaired) electrons. The average Bonchev–Trinajstić information content (AvgIpc) is 2.61. The Labute approximate surface area is 97.8 Å². The maximum Gasteiger partial charge on any atom is 0.150 e. The molecule has 90 valence electrons. The normalized spacial score (nSPS) is 22.4. The highest BCUT2D eigenvalue weighted by Crippen LogP contribution is 2.31. The molecule has 1 atom stereocenters. The molecule has 0 aromatic carbocycles. The van der Waals surface area contributed by atoms with Gasteiger partial charge < -0.3 is 4.74 Å². The first-order valence-electron chi connectivity index (χ1n) is 6.16. The monoisotopic (exact) mass is 222 g/mol. The van der Waals surface area contributed by atoms with Crippen LogP contribution in [0.25, 0.3) is 0 Å². The topological polar surface area (TPSA) is 27.1 Å². The summed E-state index contributed by atoms with van der Waals surface area (Å²) in [5, 5.41) is 4.50. The van der Waals surface area contributed by atoms with E-state index in [1.807, 2.05) is 6.20 Å². The molecule has 1 aliphatic rings. The van der Waals surface area contributed by atoms with E-state index in [9.17, 15) is 0 Å². The molecule has 0 saturated carbocycles. The molecule has 0 amide bonds. The molecule has 0 N–H and O–H groups in total. The van der Waals surface area contributed by atoms with Crippen molar-refractivity contribution in [2.24, 2.45) is 0 Å². The molecular weight excluding hydrogens is 200 g/mol. The summed E-state index contributed by atoms with van der Waals surface area (Å²) in [7, 11) is 0. The average molecular weight is 222 g/mol. The third-order valence-corrected chi connectivity index (χ3v) is 3.12. The van der Waals surface area contributed by atoms with Gasteiger partial charge in [0.1, 0.15) is 6.23 Å². The quantitative estimate of drug-likeness (QED) is 0.729. The molecule has 1 aromatic rings. The minimum absolute atomic E-state index is 0.126. The van der Waals surface area contributed by atoms with E-state index in [1.165, 1.54) is 24.1 Å². The molecule has 0 spiro atoms. The van der Waals surface area contributed by atoms with Gasteiger partial charge in [0, 0.05) is 17.7 Å². The molecule has 1 aliphatic heterocycles. The molecular formula is C13H22N2O. The molecule has 3 heteroatoms. The van der Waals surface area contributed by atoms with Crippen LogP contribution in [-0.2, 0) is 10.2 Å². The van der Waals surface area contributed by atoms with Crippen molar-refractivity contribution < 1.29 is 4.74 Å². The summed E-state index contributed by atoms with van der Waals surface area (Å²) in [6.07, 6.45) is 5.62. The Morgan fingerprint density at radius 1 is 1.38 bits per heavy atom. The van der Waals surface area contributed by atoms with Gasteiger partial charge in [-0.25, -0.2) is 4.68 Å². The molecule has 1 unspecified atom stereocenters. The second-order valence-electron chi connectivity index (χ2n) is 5.69. The Morgan fingerprint density at radius 2 is 2.12 bits per heavy atom. The summed E-state index contributed by atoms with van der Waals surface area (Å²) in [5.74, 6) is 0. The van der Waals surface area contributed by atoms with Gasteiger partial charge in [0.2, 0.25) is 0 Å². The molecule has 16 heavy (non-hydrogen) atoms. The minimum Gasteiger partial charge on any atom is -0.357 e. The van der Waals surface area contributed by atoms with Crippen molar-refractivity contribution in [1.82, 2.24) is 9.78 Å². The predicted octanol–water partition coefficient (Wildman–Crippen LogP) is 3.19. The van der Waals surface area contributed by atoms with Crippen molar-refractivity contribution >= 4 is 0 Å². The Morgan fingerprint density at radius 3 is 2.69 bits per heavy atom. The number of hydrogen-bond acceptors (Lipinski definition) is 2. The smallest absolute Gasteiger partial charge is 0.150 e. The van der Waals surface area contributed by atoms with Crippen molar-refractivity contribution in [2.45, 2.75) is 58.6 Å². The van der Waals surface area contributed by atoms with Crippen molar-refractivity contribution in [1.29, 1.82) is 0 Å². The highest BCUT2D eigenvalue weighted by atomic mass is 16.5. The summed E-state index contributed by atoms with van der Waals surface area (Å²) in [6, 6.07) is 0. The van der Waals surface area contributed by atoms with Gasteiger partial charge in [-0.05, 0) is 31.7 Å². The van der Waals surface area contributed by atoms with Crippen molar-refractivity contribution in [3.8, 4) is 0 Å². The predicted molar refractivity (Wildman–Crippen MR) is 64.5 cm³/mol. The lowest BCUT2D eigenvalue weighted by molar-refractivity contribution is -0.0424. The third-order valence-electron chi connectivity index (χ3n) is 3.12. The standard InChI is InChI=1S/C13H22N2O/c1-10-9-14-15(12(10)13(2,3)4)11-7-5-6-8-16-11/h9,11H,5-8H2,1-4H3. The lowest BCUT2D eigenvalue weighted by Crippen LogP contribution is -2.26. The van der Waals surface area contributed by atoms with E-state index >= 15 is 0 Å². The Hall–Kier alpha value is -0.830. The maximum absolute atomic E-state index is 5.81. The maximum atomic E-state index is 5.81. The van der Waals surface area contributed by atoms with Gasteiger partial charge in [0.25, 0.3) is 0 Å². The van der Waals surface area contributed by atoms with Crippen LogP contribution in [0, 0.1) is 6.92 Å². The zero-order valence-corrected chi connectivity index (χ0v) is 10.8. The van der Waals surface area contributed by atoms with Crippen LogP contribution in [0.3, 0.4) is 0 Å². The van der Waals surface area contributed by atoms with Crippen molar-refractivity contribution in [3.05, 3.63) is 17.5 Å². The zero-order chi connectivity index (χ0) is 11.8. The van der Waals surface area contributed by atoms with Crippen LogP contribution >= 0.6 is 0 Å². The first-order valence-corrected chi connectivity index (χ1v) is 6.16. The number of hydrogen-bond donors (Lipinski definition) is 0. The van der Waals surface area contributed by atoms with E-state index in [4.69, 9.17) is 4.74 Å². The van der Waals surface area contributed by atoms with Crippen LogP contribution in [0.5, 0.6) is 0 Å². The second kappa shape index (κ2) is 4.21. The SMILES string of the molecule is Cc1cnn(C2CCCCO2)c1C(C)(C)C. The first-order chi connectivity index (χ1) is 7.50. The van der Waals surface area contributed by atoms with Crippen LogP contribution in [0.1, 0.15) is 57.5 Å². The minimum atomic E-state index is 0.126. The van der Waals surface area contributed by atoms with Crippen molar-refractivity contribution in [2.75, 3.05) is 6.61 Å².